The predicted molar refractivity (Wildman–Crippen MR) is 106 cm³/mol. The minimum Gasteiger partial charge on any atom is -0.486 e. The number of hydrogen-bond donors (Lipinski definition) is 1. The Morgan fingerprint density at radius 2 is 1.68 bits per heavy atom. The lowest BCUT2D eigenvalue weighted by Gasteiger charge is -2.25. The van der Waals surface area contributed by atoms with Crippen LogP contribution in [0.5, 0.6) is 11.5 Å². The number of nitrogens with zero attached hydrogens (tertiary/aromatic N) is 1. The minimum atomic E-state index is -3.52. The summed E-state index contributed by atoms with van der Waals surface area (Å²) in [6.45, 7) is 1.67. The summed E-state index contributed by atoms with van der Waals surface area (Å²) in [4.78, 5) is 11.8. The molecule has 2 heterocycles. The third-order valence-corrected chi connectivity index (χ3v) is 7.52. The molecule has 1 N–H and O–H groups in total. The van der Waals surface area contributed by atoms with Gasteiger partial charge < -0.3 is 14.6 Å². The van der Waals surface area contributed by atoms with Crippen LogP contribution in [0.2, 0.25) is 0 Å². The van der Waals surface area contributed by atoms with Crippen LogP contribution in [-0.4, -0.2) is 61.6 Å². The highest BCUT2D eigenvalue weighted by molar-refractivity contribution is 7.99. The molecule has 28 heavy (non-hydrogen) atoms. The predicted octanol–water partition coefficient (Wildman–Crippen LogP) is 2.56. The summed E-state index contributed by atoms with van der Waals surface area (Å²) in [7, 11) is -3.52. The molecule has 1 fully saturated rings. The van der Waals surface area contributed by atoms with Crippen molar-refractivity contribution in [3.05, 3.63) is 42.0 Å². The number of rotatable bonds is 4. The fourth-order valence-electron chi connectivity index (χ4n) is 3.23. The van der Waals surface area contributed by atoms with Gasteiger partial charge in [0.15, 0.2) is 11.5 Å². The van der Waals surface area contributed by atoms with E-state index in [-0.39, 0.29) is 16.2 Å². The summed E-state index contributed by atoms with van der Waals surface area (Å²) < 4.78 is 38.0. The number of carboxylic acid groups (broad SMARTS) is 1. The van der Waals surface area contributed by atoms with Gasteiger partial charge in [0, 0.05) is 24.6 Å². The van der Waals surface area contributed by atoms with Gasteiger partial charge in [0.05, 0.1) is 4.90 Å². The van der Waals surface area contributed by atoms with Crippen molar-refractivity contribution in [1.82, 2.24) is 4.31 Å². The van der Waals surface area contributed by atoms with Gasteiger partial charge in [-0.05, 0) is 35.4 Å². The highest BCUT2D eigenvalue weighted by Crippen LogP contribution is 2.38. The van der Waals surface area contributed by atoms with Crippen molar-refractivity contribution in [3.63, 3.8) is 0 Å². The number of sulfonamides is 1. The van der Waals surface area contributed by atoms with E-state index >= 15 is 0 Å². The van der Waals surface area contributed by atoms with E-state index in [1.807, 2.05) is 0 Å². The zero-order valence-electron chi connectivity index (χ0n) is 15.0. The molecule has 0 unspecified atom stereocenters. The third kappa shape index (κ3) is 3.57. The molecule has 0 aromatic heterocycles. The molecule has 9 heteroatoms. The van der Waals surface area contributed by atoms with Gasteiger partial charge in [0.25, 0.3) is 0 Å². The standard InChI is InChI=1S/C19H19NO6S2/c21-19(22)16-11-14(12-17-18(16)26-8-7-25-17)13-1-3-15(4-2-13)28(23,24)20-5-9-27-10-6-20/h1-4,11-12H,5-10H2,(H,21,22). The molecule has 2 aliphatic rings. The second kappa shape index (κ2) is 7.65. The molecule has 0 bridgehead atoms. The largest absolute Gasteiger partial charge is 0.486 e. The first kappa shape index (κ1) is 19.1. The van der Waals surface area contributed by atoms with Crippen LogP contribution < -0.4 is 9.47 Å². The van der Waals surface area contributed by atoms with E-state index in [9.17, 15) is 18.3 Å². The molecule has 0 saturated carbocycles. The number of ether oxygens (including phenoxy) is 2. The highest BCUT2D eigenvalue weighted by atomic mass is 32.2. The maximum Gasteiger partial charge on any atom is 0.339 e. The number of benzene rings is 2. The lowest BCUT2D eigenvalue weighted by molar-refractivity contribution is 0.0686. The third-order valence-electron chi connectivity index (χ3n) is 4.67. The lowest BCUT2D eigenvalue weighted by Crippen LogP contribution is -2.37. The summed E-state index contributed by atoms with van der Waals surface area (Å²) in [5.74, 6) is 1.10. The Kier molecular flexibility index (Phi) is 5.22. The summed E-state index contributed by atoms with van der Waals surface area (Å²) in [5.41, 5.74) is 1.35. The fourth-order valence-corrected chi connectivity index (χ4v) is 5.81. The monoisotopic (exact) mass is 421 g/mol. The molecule has 0 radical (unpaired) electrons. The molecule has 1 saturated heterocycles. The van der Waals surface area contributed by atoms with Crippen molar-refractivity contribution in [2.45, 2.75) is 4.90 Å². The van der Waals surface area contributed by atoms with Gasteiger partial charge in [0.1, 0.15) is 18.8 Å². The lowest BCUT2D eigenvalue weighted by atomic mass is 10.0. The van der Waals surface area contributed by atoms with Gasteiger partial charge in [-0.25, -0.2) is 13.2 Å². The first-order chi connectivity index (χ1) is 13.5. The van der Waals surface area contributed by atoms with Crippen LogP contribution in [0.1, 0.15) is 10.4 Å². The molecule has 2 aliphatic heterocycles. The van der Waals surface area contributed by atoms with Gasteiger partial charge >= 0.3 is 5.97 Å². The molecule has 7 nitrogen and oxygen atoms in total. The average molecular weight is 421 g/mol. The van der Waals surface area contributed by atoms with Crippen LogP contribution in [0.3, 0.4) is 0 Å². The molecule has 2 aromatic carbocycles. The zero-order chi connectivity index (χ0) is 19.7. The number of carboxylic acids is 1. The Hall–Kier alpha value is -2.23. The maximum absolute atomic E-state index is 12.8. The topological polar surface area (TPSA) is 93.1 Å². The van der Waals surface area contributed by atoms with E-state index in [1.165, 1.54) is 10.4 Å². The van der Waals surface area contributed by atoms with Gasteiger partial charge in [-0.2, -0.15) is 16.1 Å². The minimum absolute atomic E-state index is 0.0229. The summed E-state index contributed by atoms with van der Waals surface area (Å²) >= 11 is 1.75. The highest BCUT2D eigenvalue weighted by Gasteiger charge is 2.26. The average Bonchev–Trinajstić information content (AvgIpc) is 2.73. The molecule has 4 rings (SSSR count). The van der Waals surface area contributed by atoms with Gasteiger partial charge in [-0.15, -0.1) is 0 Å². The second-order valence-electron chi connectivity index (χ2n) is 6.39. The Morgan fingerprint density at radius 3 is 2.36 bits per heavy atom. The van der Waals surface area contributed by atoms with Crippen molar-refractivity contribution in [2.24, 2.45) is 0 Å². The normalized spacial score (nSPS) is 17.3. The van der Waals surface area contributed by atoms with Gasteiger partial charge in [-0.3, -0.25) is 0 Å². The first-order valence-electron chi connectivity index (χ1n) is 8.82. The summed E-state index contributed by atoms with van der Waals surface area (Å²) in [5, 5.41) is 9.49. The molecule has 2 aromatic rings. The van der Waals surface area contributed by atoms with Crippen molar-refractivity contribution in [1.29, 1.82) is 0 Å². The van der Waals surface area contributed by atoms with E-state index in [4.69, 9.17) is 9.47 Å². The Bertz CT molecular complexity index is 998. The van der Waals surface area contributed by atoms with Gasteiger partial charge in [-0.1, -0.05) is 12.1 Å². The Labute approximate surface area is 167 Å². The number of fused-ring (bicyclic) bond motifs is 1. The van der Waals surface area contributed by atoms with E-state index < -0.39 is 16.0 Å². The Balaban J connectivity index is 1.67. The second-order valence-corrected chi connectivity index (χ2v) is 9.56. The molecular weight excluding hydrogens is 402 g/mol. The SMILES string of the molecule is O=C(O)c1cc(-c2ccc(S(=O)(=O)N3CCSCC3)cc2)cc2c1OCCO2. The molecule has 0 atom stereocenters. The molecule has 0 amide bonds. The van der Waals surface area contributed by atoms with E-state index in [0.717, 1.165) is 11.5 Å². The van der Waals surface area contributed by atoms with Crippen molar-refractivity contribution in [3.8, 4) is 22.6 Å². The quantitative estimate of drug-likeness (QED) is 0.811. The van der Waals surface area contributed by atoms with Crippen LogP contribution in [0.15, 0.2) is 41.3 Å². The van der Waals surface area contributed by atoms with Crippen LogP contribution in [0.25, 0.3) is 11.1 Å². The summed E-state index contributed by atoms with van der Waals surface area (Å²) in [6, 6.07) is 9.71. The molecule has 0 spiro atoms. The fraction of sp³-hybridized carbons (Fsp3) is 0.316. The number of carbonyl (C=O) groups is 1. The molecule has 148 valence electrons. The zero-order valence-corrected chi connectivity index (χ0v) is 16.6. The van der Waals surface area contributed by atoms with Crippen LogP contribution in [0.4, 0.5) is 0 Å². The first-order valence-corrected chi connectivity index (χ1v) is 11.4. The van der Waals surface area contributed by atoms with Crippen molar-refractivity contribution < 1.29 is 27.8 Å². The Morgan fingerprint density at radius 1 is 1.00 bits per heavy atom. The summed E-state index contributed by atoms with van der Waals surface area (Å²) in [6.07, 6.45) is 0. The van der Waals surface area contributed by atoms with Crippen LogP contribution in [-0.2, 0) is 10.0 Å². The van der Waals surface area contributed by atoms with E-state index in [1.54, 1.807) is 42.1 Å². The number of aromatic carboxylic acids is 1. The number of thioether (sulfide) groups is 1. The van der Waals surface area contributed by atoms with Gasteiger partial charge in [0.2, 0.25) is 10.0 Å². The van der Waals surface area contributed by atoms with E-state index in [0.29, 0.717) is 43.2 Å². The van der Waals surface area contributed by atoms with Crippen molar-refractivity contribution >= 4 is 27.8 Å². The molecular formula is C19H19NO6S2. The number of hydrogen-bond acceptors (Lipinski definition) is 6. The van der Waals surface area contributed by atoms with Crippen molar-refractivity contribution in [2.75, 3.05) is 37.8 Å². The maximum atomic E-state index is 12.8. The van der Waals surface area contributed by atoms with Crippen LogP contribution >= 0.6 is 11.8 Å². The smallest absolute Gasteiger partial charge is 0.339 e. The van der Waals surface area contributed by atoms with E-state index in [2.05, 4.69) is 0 Å². The molecule has 0 aliphatic carbocycles. The van der Waals surface area contributed by atoms with Crippen LogP contribution in [0, 0.1) is 0 Å².